The minimum Gasteiger partial charge on any atom is -0.339 e. The average Bonchev–Trinajstić information content (AvgIpc) is 2.53. The van der Waals surface area contributed by atoms with Gasteiger partial charge in [0, 0.05) is 6.20 Å². The molecule has 0 aliphatic heterocycles. The van der Waals surface area contributed by atoms with Gasteiger partial charge < -0.3 is 5.32 Å². The third-order valence-electron chi connectivity index (χ3n) is 1.58. The lowest BCUT2D eigenvalue weighted by Crippen LogP contribution is -2.43. The van der Waals surface area contributed by atoms with Crippen LogP contribution in [0.2, 0.25) is 0 Å². The Labute approximate surface area is 77.5 Å². The Balaban J connectivity index is 2.58. The number of carbonyl (C=O) groups is 1. The van der Waals surface area contributed by atoms with Crippen LogP contribution in [0, 0.1) is 0 Å². The SMILES string of the molecule is C[C@H](NC(=O)c1ccn[nH]1)C(F)(F)F. The van der Waals surface area contributed by atoms with Gasteiger partial charge in [-0.3, -0.25) is 9.89 Å². The van der Waals surface area contributed by atoms with Crippen molar-refractivity contribution in [2.24, 2.45) is 0 Å². The fourth-order valence-corrected chi connectivity index (χ4v) is 0.739. The number of nitrogens with one attached hydrogen (secondary N) is 2. The maximum atomic E-state index is 12.0. The van der Waals surface area contributed by atoms with Crippen molar-refractivity contribution in [3.8, 4) is 0 Å². The standard InChI is InChI=1S/C7H8F3N3O/c1-4(7(8,9)10)12-6(14)5-2-3-11-13-5/h2-4H,1H3,(H,11,13)(H,12,14)/t4-/m0/s1. The average molecular weight is 207 g/mol. The molecule has 14 heavy (non-hydrogen) atoms. The Bertz CT molecular complexity index is 306. The number of nitrogens with zero attached hydrogens (tertiary/aromatic N) is 1. The quantitative estimate of drug-likeness (QED) is 0.762. The van der Waals surface area contributed by atoms with E-state index in [0.29, 0.717) is 0 Å². The zero-order valence-electron chi connectivity index (χ0n) is 7.22. The molecule has 0 aliphatic carbocycles. The first-order valence-electron chi connectivity index (χ1n) is 3.78. The highest BCUT2D eigenvalue weighted by Gasteiger charge is 2.37. The molecular weight excluding hydrogens is 199 g/mol. The first kappa shape index (κ1) is 10.6. The van der Waals surface area contributed by atoms with Gasteiger partial charge in [-0.2, -0.15) is 18.3 Å². The number of aromatic nitrogens is 2. The molecule has 0 aromatic carbocycles. The second-order valence-corrected chi connectivity index (χ2v) is 2.71. The Morgan fingerprint density at radius 3 is 2.71 bits per heavy atom. The first-order valence-corrected chi connectivity index (χ1v) is 3.78. The molecule has 1 rings (SSSR count). The Kier molecular flexibility index (Phi) is 2.78. The monoisotopic (exact) mass is 207 g/mol. The zero-order chi connectivity index (χ0) is 10.8. The van der Waals surface area contributed by atoms with Crippen molar-refractivity contribution in [3.05, 3.63) is 18.0 Å². The first-order chi connectivity index (χ1) is 6.41. The third-order valence-corrected chi connectivity index (χ3v) is 1.58. The summed E-state index contributed by atoms with van der Waals surface area (Å²) >= 11 is 0. The van der Waals surface area contributed by atoms with Gasteiger partial charge >= 0.3 is 6.18 Å². The maximum absolute atomic E-state index is 12.0. The lowest BCUT2D eigenvalue weighted by Gasteiger charge is -2.16. The largest absolute Gasteiger partial charge is 0.408 e. The topological polar surface area (TPSA) is 57.8 Å². The highest BCUT2D eigenvalue weighted by Crippen LogP contribution is 2.19. The molecule has 2 N–H and O–H groups in total. The lowest BCUT2D eigenvalue weighted by molar-refractivity contribution is -0.149. The molecule has 4 nitrogen and oxygen atoms in total. The van der Waals surface area contributed by atoms with Gasteiger partial charge in [0.05, 0.1) is 0 Å². The van der Waals surface area contributed by atoms with Gasteiger partial charge in [0.25, 0.3) is 5.91 Å². The van der Waals surface area contributed by atoms with E-state index in [0.717, 1.165) is 6.92 Å². The molecule has 0 saturated carbocycles. The van der Waals surface area contributed by atoms with Crippen molar-refractivity contribution in [1.82, 2.24) is 15.5 Å². The number of H-pyrrole nitrogens is 1. The minimum atomic E-state index is -4.43. The summed E-state index contributed by atoms with van der Waals surface area (Å²) in [4.78, 5) is 11.1. The van der Waals surface area contributed by atoms with Gasteiger partial charge in [-0.25, -0.2) is 0 Å². The number of hydrogen-bond acceptors (Lipinski definition) is 2. The summed E-state index contributed by atoms with van der Waals surface area (Å²) in [6, 6.07) is -0.586. The highest BCUT2D eigenvalue weighted by molar-refractivity contribution is 5.92. The molecular formula is C7H8F3N3O. The molecule has 0 fully saturated rings. The van der Waals surface area contributed by atoms with Gasteiger partial charge in [-0.15, -0.1) is 0 Å². The molecule has 0 saturated heterocycles. The summed E-state index contributed by atoms with van der Waals surface area (Å²) in [5, 5.41) is 7.50. The van der Waals surface area contributed by atoms with Crippen molar-refractivity contribution in [2.45, 2.75) is 19.1 Å². The molecule has 78 valence electrons. The van der Waals surface area contributed by atoms with Crippen molar-refractivity contribution in [1.29, 1.82) is 0 Å². The summed E-state index contributed by atoms with van der Waals surface area (Å²) in [5.74, 6) is -0.827. The number of halogens is 3. The van der Waals surface area contributed by atoms with Crippen LogP contribution in [0.3, 0.4) is 0 Å². The number of carbonyl (C=O) groups excluding carboxylic acids is 1. The van der Waals surface area contributed by atoms with Crippen molar-refractivity contribution >= 4 is 5.91 Å². The van der Waals surface area contributed by atoms with E-state index in [4.69, 9.17) is 0 Å². The zero-order valence-corrected chi connectivity index (χ0v) is 7.22. The number of hydrogen-bond donors (Lipinski definition) is 2. The lowest BCUT2D eigenvalue weighted by atomic mass is 10.3. The molecule has 7 heteroatoms. The predicted molar refractivity (Wildman–Crippen MR) is 41.6 cm³/mol. The molecule has 0 bridgehead atoms. The van der Waals surface area contributed by atoms with Crippen LogP contribution in [0.25, 0.3) is 0 Å². The van der Waals surface area contributed by atoms with Crippen LogP contribution in [-0.2, 0) is 0 Å². The molecule has 1 amide bonds. The summed E-state index contributed by atoms with van der Waals surface area (Å²) < 4.78 is 36.0. The van der Waals surface area contributed by atoms with Crippen LogP contribution in [-0.4, -0.2) is 28.3 Å². The molecule has 0 spiro atoms. The Morgan fingerprint density at radius 2 is 2.29 bits per heavy atom. The summed E-state index contributed by atoms with van der Waals surface area (Å²) in [7, 11) is 0. The second kappa shape index (κ2) is 3.69. The summed E-state index contributed by atoms with van der Waals surface area (Å²) in [6.45, 7) is 0.869. The molecule has 1 heterocycles. The van der Waals surface area contributed by atoms with E-state index in [1.165, 1.54) is 12.3 Å². The molecule has 0 aliphatic rings. The minimum absolute atomic E-state index is 0.00102. The molecule has 1 aromatic heterocycles. The maximum Gasteiger partial charge on any atom is 0.408 e. The Morgan fingerprint density at radius 1 is 1.64 bits per heavy atom. The van der Waals surface area contributed by atoms with Gasteiger partial charge in [0.2, 0.25) is 0 Å². The number of rotatable bonds is 2. The summed E-state index contributed by atoms with van der Waals surface area (Å²) in [5.41, 5.74) is 0.00102. The molecule has 0 radical (unpaired) electrons. The molecule has 1 atom stereocenters. The van der Waals surface area contributed by atoms with E-state index in [9.17, 15) is 18.0 Å². The molecule has 1 aromatic rings. The van der Waals surface area contributed by atoms with Crippen LogP contribution >= 0.6 is 0 Å². The smallest absolute Gasteiger partial charge is 0.339 e. The van der Waals surface area contributed by atoms with E-state index < -0.39 is 18.1 Å². The normalized spacial score (nSPS) is 13.7. The van der Waals surface area contributed by atoms with Crippen LogP contribution in [0.5, 0.6) is 0 Å². The van der Waals surface area contributed by atoms with Gasteiger partial charge in [0.15, 0.2) is 0 Å². The van der Waals surface area contributed by atoms with Crippen molar-refractivity contribution < 1.29 is 18.0 Å². The Hall–Kier alpha value is -1.53. The van der Waals surface area contributed by atoms with E-state index in [1.54, 1.807) is 5.32 Å². The van der Waals surface area contributed by atoms with E-state index >= 15 is 0 Å². The second-order valence-electron chi connectivity index (χ2n) is 2.71. The van der Waals surface area contributed by atoms with Crippen LogP contribution in [0.15, 0.2) is 12.3 Å². The fourth-order valence-electron chi connectivity index (χ4n) is 0.739. The van der Waals surface area contributed by atoms with Crippen LogP contribution in [0.4, 0.5) is 13.2 Å². The highest BCUT2D eigenvalue weighted by atomic mass is 19.4. The van der Waals surface area contributed by atoms with Crippen LogP contribution in [0.1, 0.15) is 17.4 Å². The van der Waals surface area contributed by atoms with Gasteiger partial charge in [-0.05, 0) is 13.0 Å². The number of aromatic amines is 1. The number of alkyl halides is 3. The third kappa shape index (κ3) is 2.48. The van der Waals surface area contributed by atoms with Gasteiger partial charge in [-0.1, -0.05) is 0 Å². The fraction of sp³-hybridized carbons (Fsp3) is 0.429. The van der Waals surface area contributed by atoms with Crippen molar-refractivity contribution in [2.75, 3.05) is 0 Å². The molecule has 0 unspecified atom stereocenters. The van der Waals surface area contributed by atoms with Gasteiger partial charge in [0.1, 0.15) is 11.7 Å². The van der Waals surface area contributed by atoms with E-state index in [-0.39, 0.29) is 5.69 Å². The van der Waals surface area contributed by atoms with Crippen molar-refractivity contribution in [3.63, 3.8) is 0 Å². The summed E-state index contributed by atoms with van der Waals surface area (Å²) in [6.07, 6.45) is -3.15. The van der Waals surface area contributed by atoms with E-state index in [2.05, 4.69) is 10.2 Å². The number of amides is 1. The van der Waals surface area contributed by atoms with E-state index in [1.807, 2.05) is 0 Å². The predicted octanol–water partition coefficient (Wildman–Crippen LogP) is 1.09. The van der Waals surface area contributed by atoms with Crippen LogP contribution < -0.4 is 5.32 Å².